The normalized spacial score (nSPS) is 16.3. The Morgan fingerprint density at radius 3 is 2.00 bits per heavy atom. The Bertz CT molecular complexity index is 682. The molecule has 2 aromatic carbocycles. The first kappa shape index (κ1) is 16.4. The fourth-order valence-electron chi connectivity index (χ4n) is 2.85. The number of morpholine rings is 1. The third-order valence-electron chi connectivity index (χ3n) is 4.18. The predicted molar refractivity (Wildman–Crippen MR) is 90.0 cm³/mol. The lowest BCUT2D eigenvalue weighted by atomic mass is 10.1. The first-order valence-electron chi connectivity index (χ1n) is 8.13. The van der Waals surface area contributed by atoms with Crippen LogP contribution in [0.2, 0.25) is 0 Å². The molecule has 3 rings (SSSR count). The van der Waals surface area contributed by atoms with Crippen LogP contribution < -0.4 is 10.2 Å². The number of benzene rings is 2. The number of hydrogen-bond acceptors (Lipinski definition) is 3. The number of carbonyl (C=O) groups is 2. The molecule has 2 aromatic rings. The van der Waals surface area contributed by atoms with E-state index in [0.717, 1.165) is 4.90 Å². The highest BCUT2D eigenvalue weighted by atomic mass is 16.5. The Kier molecular flexibility index (Phi) is 5.36. The number of ketones is 1. The number of amides is 1. The van der Waals surface area contributed by atoms with Crippen molar-refractivity contribution in [1.29, 1.82) is 0 Å². The maximum absolute atomic E-state index is 12.9. The first-order chi connectivity index (χ1) is 11.8. The molecule has 1 amide bonds. The van der Waals surface area contributed by atoms with Crippen LogP contribution in [0, 0.1) is 0 Å². The van der Waals surface area contributed by atoms with E-state index >= 15 is 0 Å². The SMILES string of the molecule is O=C(N[C@H](C(=O)c1ccccc1)[NH+]1CCOCC1)c1ccccc1. The molecule has 24 heavy (non-hydrogen) atoms. The highest BCUT2D eigenvalue weighted by molar-refractivity contribution is 6.03. The van der Waals surface area contributed by atoms with Crippen LogP contribution >= 0.6 is 0 Å². The van der Waals surface area contributed by atoms with Gasteiger partial charge in [-0.25, -0.2) is 0 Å². The van der Waals surface area contributed by atoms with E-state index in [1.165, 1.54) is 0 Å². The Morgan fingerprint density at radius 2 is 1.42 bits per heavy atom. The average Bonchev–Trinajstić information content (AvgIpc) is 2.67. The molecule has 2 N–H and O–H groups in total. The lowest BCUT2D eigenvalue weighted by molar-refractivity contribution is -0.925. The van der Waals surface area contributed by atoms with Crippen molar-refractivity contribution in [2.24, 2.45) is 0 Å². The molecule has 0 aliphatic carbocycles. The van der Waals surface area contributed by atoms with Gasteiger partial charge in [0.1, 0.15) is 13.1 Å². The second-order valence-corrected chi connectivity index (χ2v) is 5.77. The zero-order valence-electron chi connectivity index (χ0n) is 13.4. The van der Waals surface area contributed by atoms with Crippen molar-refractivity contribution in [1.82, 2.24) is 5.32 Å². The zero-order valence-corrected chi connectivity index (χ0v) is 13.4. The Morgan fingerprint density at radius 1 is 0.875 bits per heavy atom. The number of carbonyl (C=O) groups excluding carboxylic acids is 2. The second-order valence-electron chi connectivity index (χ2n) is 5.77. The molecule has 5 nitrogen and oxygen atoms in total. The third-order valence-corrected chi connectivity index (χ3v) is 4.18. The van der Waals surface area contributed by atoms with Gasteiger partial charge in [0.05, 0.1) is 13.2 Å². The maximum atomic E-state index is 12.9. The summed E-state index contributed by atoms with van der Waals surface area (Å²) in [5, 5.41) is 2.92. The second kappa shape index (κ2) is 7.86. The third kappa shape index (κ3) is 3.88. The van der Waals surface area contributed by atoms with Gasteiger partial charge in [-0.1, -0.05) is 48.5 Å². The number of Topliss-reactive ketones (excluding diaryl/α,β-unsaturated/α-hetero) is 1. The van der Waals surface area contributed by atoms with E-state index < -0.39 is 6.17 Å². The molecule has 1 atom stereocenters. The predicted octanol–water partition coefficient (Wildman–Crippen LogP) is 0.541. The quantitative estimate of drug-likeness (QED) is 0.789. The van der Waals surface area contributed by atoms with Gasteiger partial charge in [0, 0.05) is 11.1 Å². The first-order valence-corrected chi connectivity index (χ1v) is 8.13. The molecule has 0 unspecified atom stereocenters. The number of rotatable bonds is 5. The van der Waals surface area contributed by atoms with Gasteiger partial charge in [0.15, 0.2) is 0 Å². The minimum atomic E-state index is -0.607. The van der Waals surface area contributed by atoms with Crippen molar-refractivity contribution >= 4 is 11.7 Å². The minimum absolute atomic E-state index is 0.0724. The summed E-state index contributed by atoms with van der Waals surface area (Å²) in [7, 11) is 0. The molecule has 0 spiro atoms. The van der Waals surface area contributed by atoms with Crippen molar-refractivity contribution < 1.29 is 19.2 Å². The van der Waals surface area contributed by atoms with Gasteiger partial charge in [-0.15, -0.1) is 0 Å². The number of nitrogens with one attached hydrogen (secondary N) is 2. The van der Waals surface area contributed by atoms with Gasteiger partial charge < -0.3 is 9.64 Å². The lowest BCUT2D eigenvalue weighted by Gasteiger charge is -2.30. The number of quaternary nitrogens is 1. The summed E-state index contributed by atoms with van der Waals surface area (Å²) in [6, 6.07) is 18.1. The summed E-state index contributed by atoms with van der Waals surface area (Å²) >= 11 is 0. The number of ether oxygens (including phenoxy) is 1. The van der Waals surface area contributed by atoms with Crippen LogP contribution in [0.5, 0.6) is 0 Å². The largest absolute Gasteiger partial charge is 0.370 e. The van der Waals surface area contributed by atoms with Crippen molar-refractivity contribution in [3.8, 4) is 0 Å². The van der Waals surface area contributed by atoms with E-state index in [0.29, 0.717) is 37.4 Å². The van der Waals surface area contributed by atoms with Crippen LogP contribution in [0.3, 0.4) is 0 Å². The molecule has 0 aromatic heterocycles. The average molecular weight is 325 g/mol. The van der Waals surface area contributed by atoms with Gasteiger partial charge >= 0.3 is 0 Å². The molecule has 1 aliphatic rings. The monoisotopic (exact) mass is 325 g/mol. The minimum Gasteiger partial charge on any atom is -0.370 e. The highest BCUT2D eigenvalue weighted by Crippen LogP contribution is 2.03. The van der Waals surface area contributed by atoms with Crippen LogP contribution in [0.1, 0.15) is 20.7 Å². The topological polar surface area (TPSA) is 59.8 Å². The van der Waals surface area contributed by atoms with Crippen LogP contribution in [0.25, 0.3) is 0 Å². The highest BCUT2D eigenvalue weighted by Gasteiger charge is 2.33. The maximum Gasteiger partial charge on any atom is 0.256 e. The fourth-order valence-corrected chi connectivity index (χ4v) is 2.85. The molecule has 0 saturated carbocycles. The van der Waals surface area contributed by atoms with Gasteiger partial charge in [0.25, 0.3) is 5.91 Å². The van der Waals surface area contributed by atoms with Crippen LogP contribution in [0.4, 0.5) is 0 Å². The van der Waals surface area contributed by atoms with Gasteiger partial charge in [-0.2, -0.15) is 0 Å². The van der Waals surface area contributed by atoms with Crippen LogP contribution in [-0.4, -0.2) is 44.2 Å². The van der Waals surface area contributed by atoms with Crippen molar-refractivity contribution in [2.45, 2.75) is 6.17 Å². The molecule has 5 heteroatoms. The van der Waals surface area contributed by atoms with E-state index in [9.17, 15) is 9.59 Å². The lowest BCUT2D eigenvalue weighted by Crippen LogP contribution is -3.20. The van der Waals surface area contributed by atoms with Gasteiger partial charge in [-0.05, 0) is 12.1 Å². The summed E-state index contributed by atoms with van der Waals surface area (Å²) in [4.78, 5) is 26.5. The molecular formula is C19H21N2O3+. The molecular weight excluding hydrogens is 304 g/mol. The van der Waals surface area contributed by atoms with E-state index in [1.54, 1.807) is 24.3 Å². The summed E-state index contributed by atoms with van der Waals surface area (Å²) in [5.41, 5.74) is 1.16. The molecule has 1 heterocycles. The van der Waals surface area contributed by atoms with Crippen molar-refractivity contribution in [3.05, 3.63) is 71.8 Å². The molecule has 1 fully saturated rings. The molecule has 0 radical (unpaired) electrons. The molecule has 1 aliphatic heterocycles. The van der Waals surface area contributed by atoms with E-state index in [2.05, 4.69) is 5.32 Å². The molecule has 1 saturated heterocycles. The van der Waals surface area contributed by atoms with E-state index in [-0.39, 0.29) is 11.7 Å². The summed E-state index contributed by atoms with van der Waals surface area (Å²) in [5.74, 6) is -0.305. The standard InChI is InChI=1S/C19H20N2O3/c22-17(15-7-3-1-4-8-15)18(21-11-13-24-14-12-21)20-19(23)16-9-5-2-6-10-16/h1-10,18H,11-14H2,(H,20,23)/p+1/t18-/m0/s1. The summed E-state index contributed by atoms with van der Waals surface area (Å²) < 4.78 is 5.38. The Labute approximate surface area is 141 Å². The van der Waals surface area contributed by atoms with Crippen LogP contribution in [-0.2, 0) is 4.74 Å². The molecule has 0 bridgehead atoms. The fraction of sp³-hybridized carbons (Fsp3) is 0.263. The van der Waals surface area contributed by atoms with Crippen molar-refractivity contribution in [2.75, 3.05) is 26.3 Å². The molecule has 124 valence electrons. The number of hydrogen-bond donors (Lipinski definition) is 2. The van der Waals surface area contributed by atoms with Gasteiger partial charge in [0.2, 0.25) is 11.9 Å². The van der Waals surface area contributed by atoms with E-state index in [1.807, 2.05) is 36.4 Å². The smallest absolute Gasteiger partial charge is 0.256 e. The summed E-state index contributed by atoms with van der Waals surface area (Å²) in [6.45, 7) is 2.57. The summed E-state index contributed by atoms with van der Waals surface area (Å²) in [6.07, 6.45) is -0.607. The van der Waals surface area contributed by atoms with E-state index in [4.69, 9.17) is 4.74 Å². The van der Waals surface area contributed by atoms with Crippen molar-refractivity contribution in [3.63, 3.8) is 0 Å². The van der Waals surface area contributed by atoms with Crippen LogP contribution in [0.15, 0.2) is 60.7 Å². The van der Waals surface area contributed by atoms with Gasteiger partial charge in [-0.3, -0.25) is 14.9 Å². The zero-order chi connectivity index (χ0) is 16.8. The Balaban J connectivity index is 1.82. The Hall–Kier alpha value is -2.50.